The SMILES string of the molecule is Cc1cccc(=O)n1CC(=O)OC1CCC(C)CC1. The van der Waals surface area contributed by atoms with E-state index in [1.807, 2.05) is 13.0 Å². The number of pyridine rings is 1. The van der Waals surface area contributed by atoms with Crippen molar-refractivity contribution in [2.45, 2.75) is 52.2 Å². The van der Waals surface area contributed by atoms with Crippen molar-refractivity contribution in [2.24, 2.45) is 5.92 Å². The van der Waals surface area contributed by atoms with Crippen molar-refractivity contribution >= 4 is 5.97 Å². The second kappa shape index (κ2) is 6.04. The van der Waals surface area contributed by atoms with Crippen LogP contribution in [0, 0.1) is 12.8 Å². The van der Waals surface area contributed by atoms with E-state index < -0.39 is 0 Å². The van der Waals surface area contributed by atoms with Crippen molar-refractivity contribution < 1.29 is 9.53 Å². The first-order chi connectivity index (χ1) is 9.06. The predicted octanol–water partition coefficient (Wildman–Crippen LogP) is 2.28. The minimum atomic E-state index is -0.309. The molecular formula is C15H21NO3. The highest BCUT2D eigenvalue weighted by Crippen LogP contribution is 2.25. The van der Waals surface area contributed by atoms with Crippen LogP contribution in [-0.4, -0.2) is 16.6 Å². The Morgan fingerprint density at radius 3 is 2.63 bits per heavy atom. The number of hydrogen-bond donors (Lipinski definition) is 0. The molecule has 2 rings (SSSR count). The van der Waals surface area contributed by atoms with Crippen LogP contribution >= 0.6 is 0 Å². The molecule has 104 valence electrons. The third-order valence-electron chi connectivity index (χ3n) is 3.82. The summed E-state index contributed by atoms with van der Waals surface area (Å²) in [6.07, 6.45) is 4.14. The molecule has 1 heterocycles. The van der Waals surface area contributed by atoms with Crippen LogP contribution < -0.4 is 5.56 Å². The second-order valence-electron chi connectivity index (χ2n) is 5.46. The largest absolute Gasteiger partial charge is 0.461 e. The summed E-state index contributed by atoms with van der Waals surface area (Å²) in [5.74, 6) is 0.421. The summed E-state index contributed by atoms with van der Waals surface area (Å²) < 4.78 is 6.91. The highest BCUT2D eigenvalue weighted by Gasteiger charge is 2.21. The minimum absolute atomic E-state index is 0.0115. The van der Waals surface area contributed by atoms with E-state index in [2.05, 4.69) is 6.92 Å². The molecule has 0 aliphatic heterocycles. The third kappa shape index (κ3) is 3.69. The molecule has 1 aromatic rings. The standard InChI is InChI=1S/C15H21NO3/c1-11-6-8-13(9-7-11)19-15(18)10-16-12(2)4-3-5-14(16)17/h3-5,11,13H,6-10H2,1-2H3. The van der Waals surface area contributed by atoms with Crippen LogP contribution in [0.15, 0.2) is 23.0 Å². The van der Waals surface area contributed by atoms with E-state index in [-0.39, 0.29) is 24.2 Å². The summed E-state index contributed by atoms with van der Waals surface area (Å²) >= 11 is 0. The van der Waals surface area contributed by atoms with Crippen molar-refractivity contribution in [3.8, 4) is 0 Å². The quantitative estimate of drug-likeness (QED) is 0.786. The average molecular weight is 263 g/mol. The fourth-order valence-corrected chi connectivity index (χ4v) is 2.53. The Hall–Kier alpha value is -1.58. The molecule has 1 aromatic heterocycles. The van der Waals surface area contributed by atoms with Gasteiger partial charge in [0.25, 0.3) is 5.56 Å². The number of carbonyl (C=O) groups is 1. The zero-order chi connectivity index (χ0) is 13.8. The summed E-state index contributed by atoms with van der Waals surface area (Å²) in [4.78, 5) is 23.6. The summed E-state index contributed by atoms with van der Waals surface area (Å²) in [5.41, 5.74) is 0.621. The maximum atomic E-state index is 11.9. The first-order valence-electron chi connectivity index (χ1n) is 6.92. The highest BCUT2D eigenvalue weighted by molar-refractivity contribution is 5.69. The lowest BCUT2D eigenvalue weighted by Crippen LogP contribution is -2.30. The monoisotopic (exact) mass is 263 g/mol. The number of hydrogen-bond acceptors (Lipinski definition) is 3. The first-order valence-corrected chi connectivity index (χ1v) is 6.92. The number of ether oxygens (including phenoxy) is 1. The molecule has 1 aliphatic rings. The van der Waals surface area contributed by atoms with Crippen LogP contribution in [0.2, 0.25) is 0 Å². The Labute approximate surface area is 113 Å². The molecule has 1 fully saturated rings. The molecule has 19 heavy (non-hydrogen) atoms. The lowest BCUT2D eigenvalue weighted by atomic mass is 9.89. The van der Waals surface area contributed by atoms with Gasteiger partial charge in [-0.3, -0.25) is 9.59 Å². The van der Waals surface area contributed by atoms with Crippen molar-refractivity contribution in [1.82, 2.24) is 4.57 Å². The van der Waals surface area contributed by atoms with E-state index in [0.29, 0.717) is 0 Å². The van der Waals surface area contributed by atoms with E-state index in [1.165, 1.54) is 10.6 Å². The number of rotatable bonds is 3. The molecule has 1 saturated carbocycles. The van der Waals surface area contributed by atoms with Crippen LogP contribution in [-0.2, 0) is 16.1 Å². The van der Waals surface area contributed by atoms with Gasteiger partial charge in [0.15, 0.2) is 0 Å². The maximum absolute atomic E-state index is 11.9. The number of aromatic nitrogens is 1. The Morgan fingerprint density at radius 1 is 1.32 bits per heavy atom. The second-order valence-corrected chi connectivity index (χ2v) is 5.46. The summed E-state index contributed by atoms with van der Waals surface area (Å²) in [6.45, 7) is 4.06. The number of nitrogens with zero attached hydrogens (tertiary/aromatic N) is 1. The lowest BCUT2D eigenvalue weighted by molar-refractivity contribution is -0.151. The van der Waals surface area contributed by atoms with Crippen LogP contribution in [0.5, 0.6) is 0 Å². The van der Waals surface area contributed by atoms with Crippen molar-refractivity contribution in [1.29, 1.82) is 0 Å². The smallest absolute Gasteiger partial charge is 0.326 e. The van der Waals surface area contributed by atoms with Crippen LogP contribution in [0.4, 0.5) is 0 Å². The molecule has 0 spiro atoms. The minimum Gasteiger partial charge on any atom is -0.461 e. The van der Waals surface area contributed by atoms with Gasteiger partial charge in [-0.15, -0.1) is 0 Å². The summed E-state index contributed by atoms with van der Waals surface area (Å²) in [6, 6.07) is 4.97. The van der Waals surface area contributed by atoms with E-state index in [4.69, 9.17) is 4.74 Å². The van der Waals surface area contributed by atoms with Gasteiger partial charge in [0.05, 0.1) is 0 Å². The van der Waals surface area contributed by atoms with Gasteiger partial charge in [-0.2, -0.15) is 0 Å². The van der Waals surface area contributed by atoms with E-state index in [0.717, 1.165) is 37.3 Å². The number of carbonyl (C=O) groups excluding carboxylic acids is 1. The van der Waals surface area contributed by atoms with Crippen molar-refractivity contribution in [2.75, 3.05) is 0 Å². The predicted molar refractivity (Wildman–Crippen MR) is 73.0 cm³/mol. The molecule has 4 heteroatoms. The number of aryl methyl sites for hydroxylation is 1. The van der Waals surface area contributed by atoms with Crippen molar-refractivity contribution in [3.63, 3.8) is 0 Å². The van der Waals surface area contributed by atoms with E-state index in [9.17, 15) is 9.59 Å². The lowest BCUT2D eigenvalue weighted by Gasteiger charge is -2.26. The fourth-order valence-electron chi connectivity index (χ4n) is 2.53. The van der Waals surface area contributed by atoms with Gasteiger partial charge in [0.2, 0.25) is 0 Å². The molecule has 0 atom stereocenters. The van der Waals surface area contributed by atoms with Crippen LogP contribution in [0.1, 0.15) is 38.3 Å². The van der Waals surface area contributed by atoms with Crippen LogP contribution in [0.25, 0.3) is 0 Å². The van der Waals surface area contributed by atoms with Gasteiger partial charge in [-0.1, -0.05) is 13.0 Å². The Bertz CT molecular complexity index is 498. The molecule has 0 unspecified atom stereocenters. The molecular weight excluding hydrogens is 242 g/mol. The Kier molecular flexibility index (Phi) is 4.40. The topological polar surface area (TPSA) is 48.3 Å². The molecule has 0 saturated heterocycles. The Morgan fingerprint density at radius 2 is 2.00 bits per heavy atom. The van der Waals surface area contributed by atoms with Gasteiger partial charge >= 0.3 is 5.97 Å². The van der Waals surface area contributed by atoms with E-state index in [1.54, 1.807) is 6.07 Å². The normalized spacial score (nSPS) is 23.1. The van der Waals surface area contributed by atoms with Gasteiger partial charge in [0.1, 0.15) is 12.6 Å². The molecule has 1 aliphatic carbocycles. The van der Waals surface area contributed by atoms with Crippen molar-refractivity contribution in [3.05, 3.63) is 34.2 Å². The molecule has 0 amide bonds. The highest BCUT2D eigenvalue weighted by atomic mass is 16.5. The van der Waals surface area contributed by atoms with Gasteiger partial charge in [0, 0.05) is 11.8 Å². The third-order valence-corrected chi connectivity index (χ3v) is 3.82. The van der Waals surface area contributed by atoms with Gasteiger partial charge in [-0.05, 0) is 44.6 Å². The summed E-state index contributed by atoms with van der Waals surface area (Å²) in [7, 11) is 0. The molecule has 0 N–H and O–H groups in total. The molecule has 4 nitrogen and oxygen atoms in total. The molecule has 0 aromatic carbocycles. The van der Waals surface area contributed by atoms with E-state index >= 15 is 0 Å². The van der Waals surface area contributed by atoms with Gasteiger partial charge < -0.3 is 9.30 Å². The fraction of sp³-hybridized carbons (Fsp3) is 0.600. The average Bonchev–Trinajstić information content (AvgIpc) is 2.37. The molecule has 0 bridgehead atoms. The maximum Gasteiger partial charge on any atom is 0.326 e. The zero-order valence-corrected chi connectivity index (χ0v) is 11.6. The Balaban J connectivity index is 1.93. The van der Waals surface area contributed by atoms with Crippen LogP contribution in [0.3, 0.4) is 0 Å². The zero-order valence-electron chi connectivity index (χ0n) is 11.6. The van der Waals surface area contributed by atoms with Gasteiger partial charge in [-0.25, -0.2) is 0 Å². The molecule has 0 radical (unpaired) electrons. The number of esters is 1. The summed E-state index contributed by atoms with van der Waals surface area (Å²) in [5, 5.41) is 0. The first kappa shape index (κ1) is 13.8.